The summed E-state index contributed by atoms with van der Waals surface area (Å²) in [6.07, 6.45) is 0. The van der Waals surface area contributed by atoms with Crippen molar-refractivity contribution in [2.24, 2.45) is 10.7 Å². The largest absolute Gasteiger partial charge is 0.492 e. The number of likely N-dealkylation sites (N-methyl/N-ethyl adjacent to an activating group) is 1. The number of benzene rings is 2. The van der Waals surface area contributed by atoms with Crippen molar-refractivity contribution in [2.45, 2.75) is 20.4 Å². The third-order valence-electron chi connectivity index (χ3n) is 4.10. The van der Waals surface area contributed by atoms with Gasteiger partial charge >= 0.3 is 0 Å². The second-order valence-electron chi connectivity index (χ2n) is 6.66. The van der Waals surface area contributed by atoms with Gasteiger partial charge in [0, 0.05) is 13.6 Å². The van der Waals surface area contributed by atoms with E-state index in [0.29, 0.717) is 25.4 Å². The second kappa shape index (κ2) is 11.6. The lowest BCUT2D eigenvalue weighted by Crippen LogP contribution is -2.40. The Kier molecular flexibility index (Phi) is 8.82. The molecule has 3 N–H and O–H groups in total. The van der Waals surface area contributed by atoms with E-state index >= 15 is 0 Å². The molecular formula is C22H30N4O3. The van der Waals surface area contributed by atoms with Gasteiger partial charge in [0.05, 0.1) is 13.1 Å². The molecule has 0 bridgehead atoms. The first kappa shape index (κ1) is 22.1. The zero-order valence-corrected chi connectivity index (χ0v) is 17.4. The number of ether oxygens (including phenoxy) is 2. The van der Waals surface area contributed by atoms with Crippen LogP contribution in [0.3, 0.4) is 0 Å². The molecular weight excluding hydrogens is 368 g/mol. The van der Waals surface area contributed by atoms with Crippen molar-refractivity contribution >= 4 is 11.9 Å². The average molecular weight is 399 g/mol. The van der Waals surface area contributed by atoms with Crippen molar-refractivity contribution in [3.63, 3.8) is 0 Å². The normalized spacial score (nSPS) is 11.1. The molecule has 156 valence electrons. The summed E-state index contributed by atoms with van der Waals surface area (Å²) in [5.41, 5.74) is 7.30. The van der Waals surface area contributed by atoms with Gasteiger partial charge in [0.15, 0.2) is 12.6 Å². The Morgan fingerprint density at radius 3 is 2.59 bits per heavy atom. The number of aryl methyl sites for hydroxylation is 1. The van der Waals surface area contributed by atoms with Gasteiger partial charge in [0.2, 0.25) is 0 Å². The standard InChI is InChI=1S/C22H30N4O3/c1-4-24-22(26(3)12-13-28-19-10-8-17(2)9-11-19)25-15-18-6-5-7-20(14-18)29-16-21(23)27/h5-11,14H,4,12-13,15-16H2,1-3H3,(H2,23,27)(H,24,25). The number of primary amides is 1. The maximum absolute atomic E-state index is 10.9. The molecule has 0 spiro atoms. The summed E-state index contributed by atoms with van der Waals surface area (Å²) in [7, 11) is 1.98. The highest BCUT2D eigenvalue weighted by Gasteiger charge is 2.06. The number of hydrogen-bond acceptors (Lipinski definition) is 4. The molecule has 2 aromatic carbocycles. The summed E-state index contributed by atoms with van der Waals surface area (Å²) in [6.45, 7) is 6.45. The zero-order chi connectivity index (χ0) is 21.1. The summed E-state index contributed by atoms with van der Waals surface area (Å²) in [5, 5.41) is 3.29. The molecule has 0 aliphatic rings. The maximum atomic E-state index is 10.9. The highest BCUT2D eigenvalue weighted by Crippen LogP contribution is 2.14. The first-order valence-corrected chi connectivity index (χ1v) is 9.67. The van der Waals surface area contributed by atoms with Crippen LogP contribution in [0.2, 0.25) is 0 Å². The minimum absolute atomic E-state index is 0.140. The summed E-state index contributed by atoms with van der Waals surface area (Å²) < 4.78 is 11.2. The monoisotopic (exact) mass is 398 g/mol. The fourth-order valence-corrected chi connectivity index (χ4v) is 2.56. The Bertz CT molecular complexity index is 806. The van der Waals surface area contributed by atoms with Crippen LogP contribution in [0.5, 0.6) is 11.5 Å². The minimum atomic E-state index is -0.502. The Hall–Kier alpha value is -3.22. The topological polar surface area (TPSA) is 89.2 Å². The van der Waals surface area contributed by atoms with Crippen LogP contribution in [0.15, 0.2) is 53.5 Å². The molecule has 0 radical (unpaired) electrons. The highest BCUT2D eigenvalue weighted by molar-refractivity contribution is 5.79. The van der Waals surface area contributed by atoms with E-state index in [1.165, 1.54) is 5.56 Å². The average Bonchev–Trinajstić information content (AvgIpc) is 2.71. The van der Waals surface area contributed by atoms with Gasteiger partial charge in [-0.2, -0.15) is 0 Å². The van der Waals surface area contributed by atoms with Crippen molar-refractivity contribution < 1.29 is 14.3 Å². The van der Waals surface area contributed by atoms with E-state index in [2.05, 4.69) is 17.2 Å². The van der Waals surface area contributed by atoms with Gasteiger partial charge in [-0.3, -0.25) is 4.79 Å². The smallest absolute Gasteiger partial charge is 0.255 e. The van der Waals surface area contributed by atoms with Crippen molar-refractivity contribution in [1.29, 1.82) is 0 Å². The molecule has 2 aromatic rings. The summed E-state index contributed by atoms with van der Waals surface area (Å²) in [5.74, 6) is 1.75. The number of hydrogen-bond donors (Lipinski definition) is 2. The molecule has 0 saturated heterocycles. The number of guanidine groups is 1. The summed E-state index contributed by atoms with van der Waals surface area (Å²) in [4.78, 5) is 17.6. The van der Waals surface area contributed by atoms with Crippen LogP contribution in [-0.2, 0) is 11.3 Å². The van der Waals surface area contributed by atoms with E-state index in [9.17, 15) is 4.79 Å². The number of nitrogens with two attached hydrogens (primary N) is 1. The van der Waals surface area contributed by atoms with Crippen LogP contribution in [0.25, 0.3) is 0 Å². The van der Waals surface area contributed by atoms with Crippen molar-refractivity contribution in [1.82, 2.24) is 10.2 Å². The minimum Gasteiger partial charge on any atom is -0.492 e. The molecule has 0 aliphatic carbocycles. The lowest BCUT2D eigenvalue weighted by Gasteiger charge is -2.22. The molecule has 0 aromatic heterocycles. The van der Waals surface area contributed by atoms with Gasteiger partial charge in [-0.1, -0.05) is 29.8 Å². The molecule has 0 fully saturated rings. The van der Waals surface area contributed by atoms with Crippen LogP contribution < -0.4 is 20.5 Å². The molecule has 0 aliphatic heterocycles. The molecule has 2 rings (SSSR count). The van der Waals surface area contributed by atoms with Gasteiger partial charge in [0.25, 0.3) is 5.91 Å². The Balaban J connectivity index is 1.91. The van der Waals surface area contributed by atoms with Crippen LogP contribution in [0.4, 0.5) is 0 Å². The quantitative estimate of drug-likeness (QED) is 0.474. The SMILES string of the molecule is CCNC(=NCc1cccc(OCC(N)=O)c1)N(C)CCOc1ccc(C)cc1. The fourth-order valence-electron chi connectivity index (χ4n) is 2.56. The highest BCUT2D eigenvalue weighted by atomic mass is 16.5. The first-order valence-electron chi connectivity index (χ1n) is 9.67. The van der Waals surface area contributed by atoms with Gasteiger partial charge in [-0.15, -0.1) is 0 Å². The van der Waals surface area contributed by atoms with E-state index in [-0.39, 0.29) is 6.61 Å². The third kappa shape index (κ3) is 8.13. The number of aliphatic imine (C=N–C) groups is 1. The summed E-state index contributed by atoms with van der Waals surface area (Å²) in [6, 6.07) is 15.5. The van der Waals surface area contributed by atoms with Crippen molar-refractivity contribution in [2.75, 3.05) is 33.4 Å². The van der Waals surface area contributed by atoms with Gasteiger partial charge in [-0.25, -0.2) is 4.99 Å². The van der Waals surface area contributed by atoms with E-state index in [1.54, 1.807) is 6.07 Å². The van der Waals surface area contributed by atoms with Gasteiger partial charge in [-0.05, 0) is 43.7 Å². The third-order valence-corrected chi connectivity index (χ3v) is 4.10. The predicted octanol–water partition coefficient (Wildman–Crippen LogP) is 2.34. The van der Waals surface area contributed by atoms with E-state index in [1.807, 2.05) is 61.3 Å². The summed E-state index contributed by atoms with van der Waals surface area (Å²) >= 11 is 0. The number of amides is 1. The molecule has 1 amide bonds. The van der Waals surface area contributed by atoms with E-state index in [4.69, 9.17) is 15.2 Å². The lowest BCUT2D eigenvalue weighted by molar-refractivity contribution is -0.119. The maximum Gasteiger partial charge on any atom is 0.255 e. The number of nitrogens with one attached hydrogen (secondary N) is 1. The lowest BCUT2D eigenvalue weighted by atomic mass is 10.2. The zero-order valence-electron chi connectivity index (χ0n) is 17.4. The van der Waals surface area contributed by atoms with Crippen molar-refractivity contribution in [3.8, 4) is 11.5 Å². The van der Waals surface area contributed by atoms with E-state index in [0.717, 1.165) is 23.8 Å². The first-order chi connectivity index (χ1) is 14.0. The van der Waals surface area contributed by atoms with Gasteiger partial charge < -0.3 is 25.4 Å². The Morgan fingerprint density at radius 1 is 1.14 bits per heavy atom. The van der Waals surface area contributed by atoms with Gasteiger partial charge in [0.1, 0.15) is 18.1 Å². The number of carbonyl (C=O) groups is 1. The van der Waals surface area contributed by atoms with Crippen molar-refractivity contribution in [3.05, 3.63) is 59.7 Å². The predicted molar refractivity (Wildman–Crippen MR) is 115 cm³/mol. The molecule has 0 heterocycles. The van der Waals surface area contributed by atoms with Crippen LogP contribution in [0, 0.1) is 6.92 Å². The number of carbonyl (C=O) groups excluding carboxylic acids is 1. The molecule has 0 saturated carbocycles. The Labute approximate surface area is 172 Å². The second-order valence-corrected chi connectivity index (χ2v) is 6.66. The number of nitrogens with zero attached hydrogens (tertiary/aromatic N) is 2. The Morgan fingerprint density at radius 2 is 1.90 bits per heavy atom. The molecule has 0 unspecified atom stereocenters. The molecule has 7 nitrogen and oxygen atoms in total. The fraction of sp³-hybridized carbons (Fsp3) is 0.364. The molecule has 29 heavy (non-hydrogen) atoms. The van der Waals surface area contributed by atoms with Crippen LogP contribution in [-0.4, -0.2) is 50.1 Å². The molecule has 0 atom stereocenters. The molecule has 7 heteroatoms. The van der Waals surface area contributed by atoms with E-state index < -0.39 is 5.91 Å². The number of rotatable bonds is 10. The van der Waals surface area contributed by atoms with Crippen LogP contribution >= 0.6 is 0 Å². The van der Waals surface area contributed by atoms with Crippen LogP contribution in [0.1, 0.15) is 18.1 Å².